The first-order valence-electron chi connectivity index (χ1n) is 4.29. The number of hydrogen-bond acceptors (Lipinski definition) is 28. The van der Waals surface area contributed by atoms with E-state index in [0.717, 1.165) is 0 Å². The Balaban J connectivity index is -0.00000000525. The van der Waals surface area contributed by atoms with E-state index < -0.39 is 64.2 Å². The van der Waals surface area contributed by atoms with Gasteiger partial charge in [0.25, 0.3) is 0 Å². The molecular formula is H7Al3Ba3Mg3O28Si7. The van der Waals surface area contributed by atoms with Crippen molar-refractivity contribution in [2.75, 3.05) is 0 Å². The standard InChI is InChI=1S/3Al.3Ba.3Mg.7O3Si.7H2O/c;;;;;;;;;7*1-4(2)3;;;;;;;/h;;;;;;;;;;;;;;;;7*1H2/q3*+3;6*+2;7*-2;;;;;;;/p-7. The summed E-state index contributed by atoms with van der Waals surface area (Å²) < 4.78 is 59.6. The van der Waals surface area contributed by atoms with E-state index in [2.05, 4.69) is 0 Å². The summed E-state index contributed by atoms with van der Waals surface area (Å²) in [7, 11) is -25.4. The molecule has 0 saturated carbocycles. The molecule has 7 N–H and O–H groups in total. The van der Waals surface area contributed by atoms with Crippen molar-refractivity contribution in [2.24, 2.45) is 0 Å². The summed E-state index contributed by atoms with van der Waals surface area (Å²) in [4.78, 5) is 119. The summed E-state index contributed by atoms with van der Waals surface area (Å²) in [6, 6.07) is 0. The van der Waals surface area contributed by atoms with Crippen LogP contribution in [0.25, 0.3) is 0 Å². The van der Waals surface area contributed by atoms with Gasteiger partial charge in [-0.25, -0.2) is 0 Å². The van der Waals surface area contributed by atoms with Crippen molar-refractivity contribution >= 4 is 332 Å². The first kappa shape index (κ1) is 165. The Hall–Kier alpha value is 5.65. The van der Waals surface area contributed by atoms with Crippen LogP contribution < -0.4 is 67.1 Å². The van der Waals surface area contributed by atoms with Crippen molar-refractivity contribution in [3.8, 4) is 0 Å². The molecule has 0 amide bonds. The first-order chi connectivity index (χ1) is 12.1. The Bertz CT molecular complexity index is 351. The van der Waals surface area contributed by atoms with Crippen molar-refractivity contribution in [3.63, 3.8) is 0 Å². The molecule has 28 nitrogen and oxygen atoms in total. The Morgan fingerprint density at radius 1 is 0.227 bits per heavy atom. The third kappa shape index (κ3) is 3250. The van der Waals surface area contributed by atoms with E-state index in [1.54, 1.807) is 0 Å². The molecule has 0 aromatic carbocycles. The van der Waals surface area contributed by atoms with Crippen LogP contribution in [0.4, 0.5) is 0 Å². The van der Waals surface area contributed by atoms with Crippen molar-refractivity contribution in [3.05, 3.63) is 0 Å². The summed E-state index contributed by atoms with van der Waals surface area (Å²) in [6.45, 7) is 0. The molecule has 0 saturated heterocycles. The normalized spacial score (nSPS) is 3.82. The van der Waals surface area contributed by atoms with E-state index in [9.17, 15) is 0 Å². The van der Waals surface area contributed by atoms with Gasteiger partial charge in [0.15, 0.2) is 0 Å². The maximum Gasteiger partial charge on any atom is 3.00 e. The predicted molar refractivity (Wildman–Crippen MR) is 110 cm³/mol. The second-order valence-corrected chi connectivity index (χ2v) is 5.25. The zero-order valence-corrected chi connectivity index (χ0v) is 49.2. The van der Waals surface area contributed by atoms with Crippen LogP contribution in [0, 0.1) is 0 Å². The Morgan fingerprint density at radius 3 is 0.227 bits per heavy atom. The molecule has 0 fully saturated rings. The van der Waals surface area contributed by atoms with Crippen LogP contribution in [0.1, 0.15) is 0 Å². The molecule has 0 bridgehead atoms. The molecule has 0 aliphatic heterocycles. The molecule has 0 radical (unpaired) electrons. The van der Waals surface area contributed by atoms with Crippen molar-refractivity contribution in [2.45, 2.75) is 0 Å². The fraction of sp³-hybridized carbons (Fsp3) is 0. The van der Waals surface area contributed by atoms with Gasteiger partial charge < -0.3 is 137 Å². The average molecular weight is 1220 g/mol. The Morgan fingerprint density at radius 2 is 0.227 bits per heavy atom. The minimum absolute atomic E-state index is 0. The molecule has 0 unspecified atom stereocenters. The van der Waals surface area contributed by atoms with Gasteiger partial charge >= 0.3 is 268 Å². The Kier molecular flexibility index (Phi) is 585. The van der Waals surface area contributed by atoms with E-state index in [0.29, 0.717) is 0 Å². The van der Waals surface area contributed by atoms with Gasteiger partial charge in [-0.2, -0.15) is 0 Å². The van der Waals surface area contributed by atoms with Crippen LogP contribution in [0.2, 0.25) is 0 Å². The van der Waals surface area contributed by atoms with E-state index in [1.165, 1.54) is 0 Å². The molecule has 0 aliphatic rings. The van der Waals surface area contributed by atoms with E-state index in [1.807, 2.05) is 0 Å². The maximum absolute atomic E-state index is 8.52. The SMILES string of the molecule is O=[Si]([O-])[O-].O=[Si]([O-])[O-].O=[Si]([O-])[O-].O=[Si]([O-])[O-].O=[Si]([O-])[O-].O=[Si]([O-])[O-].O=[Si]([O-])[O-].[Al+3].[Al+3].[Al+3].[Ba+2].[Ba+2].[Ba+2].[Mg+2].[Mg+2].[Mg+2].[OH-].[OH-].[OH-].[OH-].[OH-].[OH-].[OH-]. The van der Waals surface area contributed by atoms with E-state index in [-0.39, 0.29) is 306 Å². The minimum atomic E-state index is -3.63. The smallest absolute Gasteiger partial charge is 0.870 e. The average Bonchev–Trinajstić information content (AvgIpc) is 2.20. The molecule has 0 aliphatic carbocycles. The summed E-state index contributed by atoms with van der Waals surface area (Å²) in [5.74, 6) is 0. The Labute approximate surface area is 458 Å². The van der Waals surface area contributed by atoms with Gasteiger partial charge in [0.2, 0.25) is 0 Å². The third-order valence-corrected chi connectivity index (χ3v) is 0. The van der Waals surface area contributed by atoms with Gasteiger partial charge in [0, 0.05) is 64.2 Å². The van der Waals surface area contributed by atoms with Crippen LogP contribution >= 0.6 is 0 Å². The van der Waals surface area contributed by atoms with Crippen LogP contribution in [-0.4, -0.2) is 370 Å². The molecule has 0 atom stereocenters. The molecule has 0 aromatic rings. The van der Waals surface area contributed by atoms with Gasteiger partial charge in [-0.15, -0.1) is 0 Å². The topological polar surface area (TPSA) is 652 Å². The van der Waals surface area contributed by atoms with Crippen LogP contribution in [0.3, 0.4) is 0 Å². The minimum Gasteiger partial charge on any atom is -0.870 e. The van der Waals surface area contributed by atoms with Gasteiger partial charge in [0.05, 0.1) is 0 Å². The van der Waals surface area contributed by atoms with Crippen LogP contribution in [0.5, 0.6) is 0 Å². The van der Waals surface area contributed by atoms with E-state index >= 15 is 0 Å². The molecule has 0 heterocycles. The molecule has 224 valence electrons. The third-order valence-electron chi connectivity index (χ3n) is 0. The number of hydrogen-bond donors (Lipinski definition) is 0. The van der Waals surface area contributed by atoms with E-state index in [4.69, 9.17) is 98.4 Å². The zero-order chi connectivity index (χ0) is 25.0. The second-order valence-electron chi connectivity index (χ2n) is 1.75. The quantitative estimate of drug-likeness (QED) is 0.203. The van der Waals surface area contributed by atoms with Crippen LogP contribution in [-0.2, 0) is 31.2 Å². The van der Waals surface area contributed by atoms with Crippen molar-refractivity contribution in [1.29, 1.82) is 0 Å². The van der Waals surface area contributed by atoms with Gasteiger partial charge in [-0.1, -0.05) is 0 Å². The molecule has 0 aromatic heterocycles. The molecule has 0 rings (SSSR count). The largest absolute Gasteiger partial charge is 3.00 e. The van der Waals surface area contributed by atoms with Gasteiger partial charge in [0.1, 0.15) is 0 Å². The fourth-order valence-electron chi connectivity index (χ4n) is 0. The zero-order valence-electron chi connectivity index (χ0n) is 21.2. The molecule has 44 heavy (non-hydrogen) atoms. The van der Waals surface area contributed by atoms with Gasteiger partial charge in [-0.05, 0) is 0 Å². The van der Waals surface area contributed by atoms with Crippen LogP contribution in [0.15, 0.2) is 0 Å². The van der Waals surface area contributed by atoms with Gasteiger partial charge in [-0.3, -0.25) is 0 Å². The second kappa shape index (κ2) is 156. The maximum atomic E-state index is 8.52. The monoisotopic (exact) mass is 1220 g/mol. The fourth-order valence-corrected chi connectivity index (χ4v) is 0. The molecule has 44 heteroatoms. The summed E-state index contributed by atoms with van der Waals surface area (Å²) in [5, 5.41) is 0. The van der Waals surface area contributed by atoms with Crippen molar-refractivity contribution < 1.29 is 137 Å². The first-order valence-corrected chi connectivity index (χ1v) is 12.9. The molecular weight excluding hydrogens is 1210 g/mol. The summed E-state index contributed by atoms with van der Waals surface area (Å²) in [6.07, 6.45) is 0. The number of rotatable bonds is 0. The summed E-state index contributed by atoms with van der Waals surface area (Å²) >= 11 is 0. The summed E-state index contributed by atoms with van der Waals surface area (Å²) in [5.41, 5.74) is 0. The molecule has 0 spiro atoms. The predicted octanol–water partition coefficient (Wildman–Crippen LogP) is -24.8. The van der Waals surface area contributed by atoms with Crippen molar-refractivity contribution in [1.82, 2.24) is 0 Å².